The normalized spacial score (nSPS) is 17.1. The number of benzene rings is 2. The quantitative estimate of drug-likeness (QED) is 0.907. The number of carbonyl (C=O) groups excluding carboxylic acids is 1. The van der Waals surface area contributed by atoms with Crippen LogP contribution in [0.5, 0.6) is 5.75 Å². The van der Waals surface area contributed by atoms with Crippen molar-refractivity contribution in [3.8, 4) is 5.75 Å². The summed E-state index contributed by atoms with van der Waals surface area (Å²) < 4.78 is 5.28. The number of ketones is 1. The summed E-state index contributed by atoms with van der Waals surface area (Å²) in [6.45, 7) is 1.55. The van der Waals surface area contributed by atoms with Crippen LogP contribution < -0.4 is 15.8 Å². The van der Waals surface area contributed by atoms with Crippen LogP contribution in [0, 0.1) is 0 Å². The summed E-state index contributed by atoms with van der Waals surface area (Å²) in [5, 5.41) is 3.05. The van der Waals surface area contributed by atoms with Crippen molar-refractivity contribution in [2.24, 2.45) is 10.7 Å². The Morgan fingerprint density at radius 2 is 1.92 bits per heavy atom. The van der Waals surface area contributed by atoms with Gasteiger partial charge in [0.15, 0.2) is 11.7 Å². The third-order valence-corrected chi connectivity index (χ3v) is 3.92. The zero-order valence-corrected chi connectivity index (χ0v) is 13.6. The van der Waals surface area contributed by atoms with Crippen molar-refractivity contribution in [1.82, 2.24) is 5.32 Å². The Bertz CT molecular complexity index is 826. The number of guanidine groups is 1. The molecule has 122 valence electrons. The largest absolute Gasteiger partial charge is 0.497 e. The monoisotopic (exact) mass is 321 g/mol. The minimum absolute atomic E-state index is 0.0505. The molecule has 3 N–H and O–H groups in total. The van der Waals surface area contributed by atoms with Gasteiger partial charge in [0.05, 0.1) is 12.8 Å². The standard InChI is InChI=1S/C19H19N3O2/c1-12(23)16-17(13-7-4-3-5-8-13)21-19(20)22-18(16)14-9-6-10-15(11-14)24-2/h3-11,18H,1-2H3,(H3,20,21,22). The average molecular weight is 321 g/mol. The molecule has 0 fully saturated rings. The van der Waals surface area contributed by atoms with Gasteiger partial charge in [-0.15, -0.1) is 0 Å². The molecule has 24 heavy (non-hydrogen) atoms. The van der Waals surface area contributed by atoms with E-state index in [1.807, 2.05) is 54.6 Å². The maximum absolute atomic E-state index is 12.4. The molecule has 1 unspecified atom stereocenters. The van der Waals surface area contributed by atoms with Gasteiger partial charge in [0, 0.05) is 5.57 Å². The summed E-state index contributed by atoms with van der Waals surface area (Å²) >= 11 is 0. The summed E-state index contributed by atoms with van der Waals surface area (Å²) in [5.41, 5.74) is 9.03. The van der Waals surface area contributed by atoms with Crippen LogP contribution in [-0.2, 0) is 4.79 Å². The molecule has 2 aromatic carbocycles. The summed E-state index contributed by atoms with van der Waals surface area (Å²) in [6, 6.07) is 16.7. The summed E-state index contributed by atoms with van der Waals surface area (Å²) in [5.74, 6) is 0.945. The highest BCUT2D eigenvalue weighted by Gasteiger charge is 2.29. The molecule has 5 nitrogen and oxygen atoms in total. The van der Waals surface area contributed by atoms with E-state index in [2.05, 4.69) is 10.3 Å². The van der Waals surface area contributed by atoms with E-state index in [4.69, 9.17) is 10.5 Å². The number of hydrogen-bond donors (Lipinski definition) is 2. The maximum atomic E-state index is 12.4. The van der Waals surface area contributed by atoms with Gasteiger partial charge in [-0.25, -0.2) is 4.99 Å². The van der Waals surface area contributed by atoms with Gasteiger partial charge in [0.25, 0.3) is 0 Å². The van der Waals surface area contributed by atoms with E-state index < -0.39 is 6.04 Å². The Labute approximate surface area is 140 Å². The molecule has 1 atom stereocenters. The SMILES string of the molecule is COc1cccc(C2N=C(N)NC(c3ccccc3)=C2C(C)=O)c1. The Kier molecular flexibility index (Phi) is 4.33. The highest BCUT2D eigenvalue weighted by atomic mass is 16.5. The Morgan fingerprint density at radius 3 is 2.58 bits per heavy atom. The third kappa shape index (κ3) is 3.01. The van der Waals surface area contributed by atoms with Gasteiger partial charge in [0.2, 0.25) is 0 Å². The summed E-state index contributed by atoms with van der Waals surface area (Å²) in [4.78, 5) is 16.8. The van der Waals surface area contributed by atoms with Crippen LogP contribution in [0.25, 0.3) is 5.70 Å². The lowest BCUT2D eigenvalue weighted by molar-refractivity contribution is -0.113. The molecular weight excluding hydrogens is 302 g/mol. The van der Waals surface area contributed by atoms with E-state index in [9.17, 15) is 4.79 Å². The number of Topliss-reactive ketones (excluding diaryl/α,β-unsaturated/α-hetero) is 1. The first-order valence-electron chi connectivity index (χ1n) is 7.65. The van der Waals surface area contributed by atoms with Crippen molar-refractivity contribution in [2.75, 3.05) is 7.11 Å². The predicted molar refractivity (Wildman–Crippen MR) is 94.5 cm³/mol. The maximum Gasteiger partial charge on any atom is 0.194 e. The third-order valence-electron chi connectivity index (χ3n) is 3.92. The number of hydrogen-bond acceptors (Lipinski definition) is 5. The van der Waals surface area contributed by atoms with E-state index >= 15 is 0 Å². The number of ether oxygens (including phenoxy) is 1. The number of rotatable bonds is 4. The molecule has 0 saturated carbocycles. The Hall–Kier alpha value is -3.08. The number of carbonyl (C=O) groups is 1. The van der Waals surface area contributed by atoms with E-state index in [1.165, 1.54) is 0 Å². The molecular formula is C19H19N3O2. The zero-order chi connectivity index (χ0) is 17.1. The van der Waals surface area contributed by atoms with E-state index in [0.717, 1.165) is 11.1 Å². The topological polar surface area (TPSA) is 76.7 Å². The van der Waals surface area contributed by atoms with Crippen LogP contribution >= 0.6 is 0 Å². The first-order valence-corrected chi connectivity index (χ1v) is 7.65. The first kappa shape index (κ1) is 15.8. The second kappa shape index (κ2) is 6.58. The smallest absolute Gasteiger partial charge is 0.194 e. The fourth-order valence-corrected chi connectivity index (χ4v) is 2.82. The predicted octanol–water partition coefficient (Wildman–Crippen LogP) is 2.65. The number of methoxy groups -OCH3 is 1. The van der Waals surface area contributed by atoms with Crippen molar-refractivity contribution >= 4 is 17.4 Å². The Morgan fingerprint density at radius 1 is 1.17 bits per heavy atom. The van der Waals surface area contributed by atoms with Crippen molar-refractivity contribution in [1.29, 1.82) is 0 Å². The number of nitrogens with one attached hydrogen (secondary N) is 1. The minimum Gasteiger partial charge on any atom is -0.497 e. The molecule has 2 aromatic rings. The molecule has 0 amide bonds. The number of nitrogens with two attached hydrogens (primary N) is 1. The molecule has 3 rings (SSSR count). The van der Waals surface area contributed by atoms with Crippen molar-refractivity contribution in [3.63, 3.8) is 0 Å². The second-order valence-electron chi connectivity index (χ2n) is 5.53. The molecule has 1 aliphatic rings. The van der Waals surface area contributed by atoms with Crippen LogP contribution in [0.1, 0.15) is 24.1 Å². The molecule has 5 heteroatoms. The first-order chi connectivity index (χ1) is 11.6. The minimum atomic E-state index is -0.464. The molecule has 0 saturated heterocycles. The molecule has 0 bridgehead atoms. The van der Waals surface area contributed by atoms with Crippen LogP contribution in [0.3, 0.4) is 0 Å². The van der Waals surface area contributed by atoms with Crippen LogP contribution in [0.2, 0.25) is 0 Å². The van der Waals surface area contributed by atoms with E-state index in [-0.39, 0.29) is 11.7 Å². The Balaban J connectivity index is 2.17. The van der Waals surface area contributed by atoms with Crippen LogP contribution in [-0.4, -0.2) is 18.9 Å². The van der Waals surface area contributed by atoms with Gasteiger partial charge in [-0.2, -0.15) is 0 Å². The zero-order valence-electron chi connectivity index (χ0n) is 13.6. The van der Waals surface area contributed by atoms with Crippen molar-refractivity contribution in [2.45, 2.75) is 13.0 Å². The van der Waals surface area contributed by atoms with Gasteiger partial charge in [0.1, 0.15) is 11.8 Å². The van der Waals surface area contributed by atoms with Crippen LogP contribution in [0.15, 0.2) is 65.2 Å². The van der Waals surface area contributed by atoms with Crippen molar-refractivity contribution in [3.05, 3.63) is 71.3 Å². The molecule has 0 spiro atoms. The van der Waals surface area contributed by atoms with Gasteiger partial charge in [-0.1, -0.05) is 42.5 Å². The highest BCUT2D eigenvalue weighted by molar-refractivity contribution is 6.06. The average Bonchev–Trinajstić information content (AvgIpc) is 2.61. The van der Waals surface area contributed by atoms with Crippen LogP contribution in [0.4, 0.5) is 0 Å². The molecule has 1 heterocycles. The van der Waals surface area contributed by atoms with E-state index in [1.54, 1.807) is 14.0 Å². The number of nitrogens with zero attached hydrogens (tertiary/aromatic N) is 1. The number of aliphatic imine (C=N–C) groups is 1. The molecule has 0 aromatic heterocycles. The fraction of sp³-hybridized carbons (Fsp3) is 0.158. The lowest BCUT2D eigenvalue weighted by Crippen LogP contribution is -2.36. The summed E-state index contributed by atoms with van der Waals surface area (Å²) in [6.07, 6.45) is 0. The summed E-state index contributed by atoms with van der Waals surface area (Å²) in [7, 11) is 1.61. The second-order valence-corrected chi connectivity index (χ2v) is 5.53. The van der Waals surface area contributed by atoms with E-state index in [0.29, 0.717) is 17.0 Å². The highest BCUT2D eigenvalue weighted by Crippen LogP contribution is 2.35. The fourth-order valence-electron chi connectivity index (χ4n) is 2.82. The van der Waals surface area contributed by atoms with Gasteiger partial charge >= 0.3 is 0 Å². The van der Waals surface area contributed by atoms with Gasteiger partial charge in [-0.05, 0) is 30.2 Å². The lowest BCUT2D eigenvalue weighted by Gasteiger charge is -2.26. The molecule has 0 radical (unpaired) electrons. The van der Waals surface area contributed by atoms with Gasteiger partial charge in [-0.3, -0.25) is 4.79 Å². The van der Waals surface area contributed by atoms with Gasteiger partial charge < -0.3 is 15.8 Å². The van der Waals surface area contributed by atoms with Crippen molar-refractivity contribution < 1.29 is 9.53 Å². The lowest BCUT2D eigenvalue weighted by atomic mass is 9.91. The molecule has 0 aliphatic carbocycles. The molecule has 1 aliphatic heterocycles.